The molecule has 4 nitrogen and oxygen atoms in total. The van der Waals surface area contributed by atoms with Gasteiger partial charge < -0.3 is 14.6 Å². The normalized spacial score (nSPS) is 16.5. The zero-order valence-corrected chi connectivity index (χ0v) is 11.2. The van der Waals surface area contributed by atoms with E-state index in [2.05, 4.69) is 0 Å². The second-order valence-electron chi connectivity index (χ2n) is 5.02. The number of aromatic carboxylic acids is 1. The highest BCUT2D eigenvalue weighted by molar-refractivity contribution is 5.87. The van der Waals surface area contributed by atoms with E-state index in [1.807, 2.05) is 13.0 Å². The molecule has 0 radical (unpaired) electrons. The first-order chi connectivity index (χ1) is 9.16. The first-order valence-corrected chi connectivity index (χ1v) is 6.65. The lowest BCUT2D eigenvalue weighted by molar-refractivity contribution is 0.0156. The lowest BCUT2D eigenvalue weighted by Gasteiger charge is -2.21. The minimum atomic E-state index is -0.891. The summed E-state index contributed by atoms with van der Waals surface area (Å²) in [6.07, 6.45) is 2.13. The van der Waals surface area contributed by atoms with Gasteiger partial charge in [-0.1, -0.05) is 6.07 Å². The Balaban J connectivity index is 1.83. The molecule has 0 aromatic heterocycles. The Morgan fingerprint density at radius 3 is 2.79 bits per heavy atom. The number of benzene rings is 1. The first-order valence-electron chi connectivity index (χ1n) is 6.65. The van der Waals surface area contributed by atoms with Gasteiger partial charge in [0.05, 0.1) is 18.8 Å². The minimum absolute atomic E-state index is 0.325. The van der Waals surface area contributed by atoms with Gasteiger partial charge in [-0.2, -0.15) is 0 Å². The van der Waals surface area contributed by atoms with E-state index in [4.69, 9.17) is 14.6 Å². The van der Waals surface area contributed by atoms with Gasteiger partial charge in [-0.05, 0) is 48.9 Å². The van der Waals surface area contributed by atoms with Crippen LogP contribution in [0.15, 0.2) is 18.2 Å². The predicted octanol–water partition coefficient (Wildman–Crippen LogP) is 2.64. The van der Waals surface area contributed by atoms with Crippen LogP contribution >= 0.6 is 0 Å². The maximum Gasteiger partial charge on any atom is 0.335 e. The molecule has 1 aliphatic heterocycles. The maximum atomic E-state index is 10.8. The summed E-state index contributed by atoms with van der Waals surface area (Å²) in [4.78, 5) is 10.8. The van der Waals surface area contributed by atoms with Crippen LogP contribution in [-0.4, -0.2) is 30.9 Å². The molecule has 1 aromatic rings. The molecule has 1 saturated heterocycles. The van der Waals surface area contributed by atoms with E-state index >= 15 is 0 Å². The van der Waals surface area contributed by atoms with E-state index in [0.717, 1.165) is 43.8 Å². The lowest BCUT2D eigenvalue weighted by Crippen LogP contribution is -2.20. The van der Waals surface area contributed by atoms with Crippen molar-refractivity contribution < 1.29 is 19.4 Å². The van der Waals surface area contributed by atoms with Crippen LogP contribution in [0.2, 0.25) is 0 Å². The van der Waals surface area contributed by atoms with Crippen LogP contribution in [0.3, 0.4) is 0 Å². The largest absolute Gasteiger partial charge is 0.478 e. The fraction of sp³-hybridized carbons (Fsp3) is 0.533. The summed E-state index contributed by atoms with van der Waals surface area (Å²) in [5, 5.41) is 8.90. The Labute approximate surface area is 113 Å². The predicted molar refractivity (Wildman–Crippen MR) is 71.3 cm³/mol. The quantitative estimate of drug-likeness (QED) is 0.888. The Hall–Kier alpha value is -1.39. The third-order valence-electron chi connectivity index (χ3n) is 3.54. The Bertz CT molecular complexity index is 436. The Morgan fingerprint density at radius 2 is 2.16 bits per heavy atom. The standard InChI is InChI=1S/C15H20O4/c1-11-8-13(15(16)17)2-3-14(11)10-19-9-12-4-6-18-7-5-12/h2-3,8,12H,4-7,9-10H2,1H3,(H,16,17). The number of carbonyl (C=O) groups is 1. The number of hydrogen-bond donors (Lipinski definition) is 1. The molecule has 0 amide bonds. The van der Waals surface area contributed by atoms with Gasteiger partial charge in [-0.25, -0.2) is 4.79 Å². The molecule has 0 aliphatic carbocycles. The molecular formula is C15H20O4. The van der Waals surface area contributed by atoms with Crippen LogP contribution in [0.5, 0.6) is 0 Å². The van der Waals surface area contributed by atoms with E-state index in [1.165, 1.54) is 0 Å². The highest BCUT2D eigenvalue weighted by Gasteiger charge is 2.14. The molecule has 0 saturated carbocycles. The number of carboxylic acid groups (broad SMARTS) is 1. The van der Waals surface area contributed by atoms with Crippen molar-refractivity contribution in [1.29, 1.82) is 0 Å². The SMILES string of the molecule is Cc1cc(C(=O)O)ccc1COCC1CCOCC1. The summed E-state index contributed by atoms with van der Waals surface area (Å²) in [5.74, 6) is -0.301. The van der Waals surface area contributed by atoms with Gasteiger partial charge in [0.15, 0.2) is 0 Å². The zero-order chi connectivity index (χ0) is 13.7. The van der Waals surface area contributed by atoms with Crippen molar-refractivity contribution in [2.45, 2.75) is 26.4 Å². The minimum Gasteiger partial charge on any atom is -0.478 e. The topological polar surface area (TPSA) is 55.8 Å². The van der Waals surface area contributed by atoms with Crippen LogP contribution in [0, 0.1) is 12.8 Å². The molecule has 0 spiro atoms. The van der Waals surface area contributed by atoms with E-state index in [0.29, 0.717) is 18.1 Å². The van der Waals surface area contributed by atoms with Crippen molar-refractivity contribution in [3.05, 3.63) is 34.9 Å². The fourth-order valence-corrected chi connectivity index (χ4v) is 2.24. The van der Waals surface area contributed by atoms with Gasteiger partial charge >= 0.3 is 5.97 Å². The van der Waals surface area contributed by atoms with Crippen LogP contribution in [0.4, 0.5) is 0 Å². The van der Waals surface area contributed by atoms with Crippen molar-refractivity contribution in [1.82, 2.24) is 0 Å². The highest BCUT2D eigenvalue weighted by atomic mass is 16.5. The molecule has 19 heavy (non-hydrogen) atoms. The monoisotopic (exact) mass is 264 g/mol. The Morgan fingerprint density at radius 1 is 1.42 bits per heavy atom. The molecule has 0 bridgehead atoms. The van der Waals surface area contributed by atoms with Crippen LogP contribution in [0.25, 0.3) is 0 Å². The second kappa shape index (κ2) is 6.68. The van der Waals surface area contributed by atoms with Crippen molar-refractivity contribution in [2.75, 3.05) is 19.8 Å². The number of aryl methyl sites for hydroxylation is 1. The van der Waals surface area contributed by atoms with Gasteiger partial charge in [-0.3, -0.25) is 0 Å². The average molecular weight is 264 g/mol. The molecule has 2 rings (SSSR count). The van der Waals surface area contributed by atoms with Crippen molar-refractivity contribution >= 4 is 5.97 Å². The van der Waals surface area contributed by atoms with Gasteiger partial charge in [-0.15, -0.1) is 0 Å². The highest BCUT2D eigenvalue weighted by Crippen LogP contribution is 2.17. The molecule has 4 heteroatoms. The zero-order valence-electron chi connectivity index (χ0n) is 11.2. The van der Waals surface area contributed by atoms with Gasteiger partial charge in [0.25, 0.3) is 0 Å². The molecule has 1 heterocycles. The van der Waals surface area contributed by atoms with Gasteiger partial charge in [0.2, 0.25) is 0 Å². The average Bonchev–Trinajstić information content (AvgIpc) is 2.41. The van der Waals surface area contributed by atoms with Crippen LogP contribution in [-0.2, 0) is 16.1 Å². The summed E-state index contributed by atoms with van der Waals surface area (Å²) in [7, 11) is 0. The van der Waals surface area contributed by atoms with E-state index in [1.54, 1.807) is 12.1 Å². The van der Waals surface area contributed by atoms with Gasteiger partial charge in [0.1, 0.15) is 0 Å². The summed E-state index contributed by atoms with van der Waals surface area (Å²) in [6, 6.07) is 5.15. The molecule has 1 aliphatic rings. The first kappa shape index (κ1) is 14.0. The molecule has 0 unspecified atom stereocenters. The van der Waals surface area contributed by atoms with Crippen LogP contribution in [0.1, 0.15) is 34.3 Å². The van der Waals surface area contributed by atoms with E-state index in [-0.39, 0.29) is 0 Å². The third-order valence-corrected chi connectivity index (χ3v) is 3.54. The smallest absolute Gasteiger partial charge is 0.335 e. The molecule has 1 aromatic carbocycles. The summed E-state index contributed by atoms with van der Waals surface area (Å²) < 4.78 is 11.0. The number of rotatable bonds is 5. The molecule has 1 fully saturated rings. The molecular weight excluding hydrogens is 244 g/mol. The van der Waals surface area contributed by atoms with E-state index in [9.17, 15) is 4.79 Å². The van der Waals surface area contributed by atoms with Crippen molar-refractivity contribution in [3.63, 3.8) is 0 Å². The lowest BCUT2D eigenvalue weighted by atomic mass is 10.0. The van der Waals surface area contributed by atoms with Crippen LogP contribution < -0.4 is 0 Å². The summed E-state index contributed by atoms with van der Waals surface area (Å²) >= 11 is 0. The van der Waals surface area contributed by atoms with E-state index < -0.39 is 5.97 Å². The van der Waals surface area contributed by atoms with Crippen molar-refractivity contribution in [3.8, 4) is 0 Å². The Kier molecular flexibility index (Phi) is 4.93. The third kappa shape index (κ3) is 4.04. The number of hydrogen-bond acceptors (Lipinski definition) is 3. The molecule has 104 valence electrons. The number of carboxylic acids is 1. The fourth-order valence-electron chi connectivity index (χ4n) is 2.24. The summed E-state index contributed by atoms with van der Waals surface area (Å²) in [5.41, 5.74) is 2.34. The van der Waals surface area contributed by atoms with Crippen molar-refractivity contribution in [2.24, 2.45) is 5.92 Å². The molecule has 1 N–H and O–H groups in total. The summed E-state index contributed by atoms with van der Waals surface area (Å²) in [6.45, 7) is 4.88. The maximum absolute atomic E-state index is 10.8. The second-order valence-corrected chi connectivity index (χ2v) is 5.02. The molecule has 0 atom stereocenters. The van der Waals surface area contributed by atoms with Gasteiger partial charge in [0, 0.05) is 13.2 Å². The number of ether oxygens (including phenoxy) is 2.